The second kappa shape index (κ2) is 9.51. The van der Waals surface area contributed by atoms with Gasteiger partial charge in [0.2, 0.25) is 5.91 Å². The maximum absolute atomic E-state index is 13.2. The molecule has 0 spiro atoms. The normalized spacial score (nSPS) is 11.9. The molecule has 30 heavy (non-hydrogen) atoms. The van der Waals surface area contributed by atoms with Crippen LogP contribution in [0.4, 0.5) is 4.79 Å². The van der Waals surface area contributed by atoms with Crippen molar-refractivity contribution in [2.75, 3.05) is 6.54 Å². The van der Waals surface area contributed by atoms with Gasteiger partial charge in [-0.25, -0.2) is 9.78 Å². The predicted octanol–water partition coefficient (Wildman–Crippen LogP) is 4.02. The Morgan fingerprint density at radius 2 is 1.80 bits per heavy atom. The molecule has 0 saturated heterocycles. The van der Waals surface area contributed by atoms with Gasteiger partial charge < -0.3 is 5.32 Å². The van der Waals surface area contributed by atoms with Gasteiger partial charge in [0.25, 0.3) is 5.56 Å². The fourth-order valence-electron chi connectivity index (χ4n) is 2.67. The molecule has 0 fully saturated rings. The molecule has 3 rings (SSSR count). The van der Waals surface area contributed by atoms with E-state index < -0.39 is 17.2 Å². The van der Waals surface area contributed by atoms with E-state index in [-0.39, 0.29) is 10.7 Å². The molecule has 1 atom stereocenters. The molecule has 1 unspecified atom stereocenters. The number of hydrogen-bond acceptors (Lipinski definition) is 5. The van der Waals surface area contributed by atoms with Crippen LogP contribution in [0.2, 0.25) is 10.0 Å². The number of nitrogens with zero attached hydrogens (tertiary/aromatic N) is 2. The summed E-state index contributed by atoms with van der Waals surface area (Å²) in [5.41, 5.74) is 0.655. The third-order valence-electron chi connectivity index (χ3n) is 4.11. The molecule has 0 saturated carbocycles. The number of urea groups is 1. The first-order valence-corrected chi connectivity index (χ1v) is 10.7. The molecule has 1 heterocycles. The Labute approximate surface area is 186 Å². The van der Waals surface area contributed by atoms with Gasteiger partial charge in [-0.2, -0.15) is 0 Å². The van der Waals surface area contributed by atoms with E-state index in [0.717, 1.165) is 11.8 Å². The molecule has 7 nitrogen and oxygen atoms in total. The highest BCUT2D eigenvalue weighted by atomic mass is 35.5. The van der Waals surface area contributed by atoms with Gasteiger partial charge in [-0.05, 0) is 56.3 Å². The topological polar surface area (TPSA) is 93.1 Å². The highest BCUT2D eigenvalue weighted by Crippen LogP contribution is 2.26. The molecular weight excluding hydrogens is 447 g/mol. The van der Waals surface area contributed by atoms with Crippen molar-refractivity contribution in [3.63, 3.8) is 0 Å². The van der Waals surface area contributed by atoms with Crippen molar-refractivity contribution in [3.05, 3.63) is 62.9 Å². The van der Waals surface area contributed by atoms with E-state index in [2.05, 4.69) is 15.6 Å². The molecule has 3 aromatic rings. The highest BCUT2D eigenvalue weighted by Gasteiger charge is 2.21. The first kappa shape index (κ1) is 22.1. The fourth-order valence-corrected chi connectivity index (χ4v) is 3.88. The maximum Gasteiger partial charge on any atom is 0.321 e. The van der Waals surface area contributed by atoms with Gasteiger partial charge in [-0.1, -0.05) is 35.0 Å². The van der Waals surface area contributed by atoms with Crippen LogP contribution in [0.1, 0.15) is 13.8 Å². The number of fused-ring (bicyclic) bond motifs is 1. The summed E-state index contributed by atoms with van der Waals surface area (Å²) in [6.45, 7) is 3.76. The number of aromatic nitrogens is 2. The van der Waals surface area contributed by atoms with Crippen LogP contribution < -0.4 is 16.2 Å². The monoisotopic (exact) mass is 464 g/mol. The van der Waals surface area contributed by atoms with Crippen LogP contribution in [-0.4, -0.2) is 33.3 Å². The van der Waals surface area contributed by atoms with E-state index in [0.29, 0.717) is 33.2 Å². The second-order valence-corrected chi connectivity index (χ2v) is 8.46. The van der Waals surface area contributed by atoms with E-state index in [9.17, 15) is 14.4 Å². The smallest absolute Gasteiger partial charge is 0.321 e. The van der Waals surface area contributed by atoms with Crippen molar-refractivity contribution < 1.29 is 9.59 Å². The summed E-state index contributed by atoms with van der Waals surface area (Å²) in [5.74, 6) is -0.506. The van der Waals surface area contributed by atoms with Crippen molar-refractivity contribution >= 4 is 57.8 Å². The molecule has 0 aliphatic carbocycles. The Morgan fingerprint density at radius 1 is 1.13 bits per heavy atom. The fraction of sp³-hybridized carbons (Fsp3) is 0.200. The minimum Gasteiger partial charge on any atom is -0.338 e. The number of carbonyl (C=O) groups is 2. The molecule has 0 aliphatic rings. The molecule has 3 amide bonds. The predicted molar refractivity (Wildman–Crippen MR) is 120 cm³/mol. The number of rotatable bonds is 5. The molecule has 0 radical (unpaired) electrons. The largest absolute Gasteiger partial charge is 0.338 e. The molecule has 2 N–H and O–H groups in total. The minimum absolute atomic E-state index is 0.288. The number of nitrogens with one attached hydrogen (secondary N) is 2. The van der Waals surface area contributed by atoms with Gasteiger partial charge in [-0.15, -0.1) is 0 Å². The summed E-state index contributed by atoms with van der Waals surface area (Å²) in [4.78, 5) is 41.8. The summed E-state index contributed by atoms with van der Waals surface area (Å²) in [5, 5.41) is 5.71. The highest BCUT2D eigenvalue weighted by molar-refractivity contribution is 8.00. The van der Waals surface area contributed by atoms with Crippen LogP contribution >= 0.6 is 35.0 Å². The molecule has 1 aromatic heterocycles. The van der Waals surface area contributed by atoms with Gasteiger partial charge in [0.05, 0.1) is 21.8 Å². The average Bonchev–Trinajstić information content (AvgIpc) is 2.69. The zero-order chi connectivity index (χ0) is 21.8. The van der Waals surface area contributed by atoms with Gasteiger partial charge in [0, 0.05) is 16.6 Å². The van der Waals surface area contributed by atoms with Crippen molar-refractivity contribution in [2.24, 2.45) is 0 Å². The first-order chi connectivity index (χ1) is 14.3. The van der Waals surface area contributed by atoms with E-state index in [4.69, 9.17) is 23.2 Å². The van der Waals surface area contributed by atoms with Crippen LogP contribution in [0, 0.1) is 0 Å². The Bertz CT molecular complexity index is 1170. The molecular formula is C20H18Cl2N4O3S. The lowest BCUT2D eigenvalue weighted by molar-refractivity contribution is -0.119. The Morgan fingerprint density at radius 3 is 2.47 bits per heavy atom. The second-order valence-electron chi connectivity index (χ2n) is 6.28. The summed E-state index contributed by atoms with van der Waals surface area (Å²) >= 11 is 13.1. The van der Waals surface area contributed by atoms with Crippen LogP contribution in [0.15, 0.2) is 52.4 Å². The van der Waals surface area contributed by atoms with Crippen LogP contribution in [0.5, 0.6) is 0 Å². The van der Waals surface area contributed by atoms with Crippen molar-refractivity contribution in [1.82, 2.24) is 20.2 Å². The van der Waals surface area contributed by atoms with Crippen LogP contribution in [-0.2, 0) is 4.79 Å². The minimum atomic E-state index is -0.699. The van der Waals surface area contributed by atoms with Gasteiger partial charge in [0.15, 0.2) is 5.16 Å². The van der Waals surface area contributed by atoms with E-state index in [1.807, 2.05) is 0 Å². The third-order valence-corrected chi connectivity index (χ3v) is 5.65. The van der Waals surface area contributed by atoms with E-state index >= 15 is 0 Å². The molecule has 10 heteroatoms. The lowest BCUT2D eigenvalue weighted by Crippen LogP contribution is -2.42. The summed E-state index contributed by atoms with van der Waals surface area (Å²) in [6, 6.07) is 10.9. The van der Waals surface area contributed by atoms with Gasteiger partial charge in [0.1, 0.15) is 0 Å². The zero-order valence-electron chi connectivity index (χ0n) is 16.1. The number of carbonyl (C=O) groups excluding carboxylic acids is 2. The lowest BCUT2D eigenvalue weighted by Gasteiger charge is -2.16. The quantitative estimate of drug-likeness (QED) is 0.439. The average molecular weight is 465 g/mol. The summed E-state index contributed by atoms with van der Waals surface area (Å²) in [6.07, 6.45) is 0. The summed E-state index contributed by atoms with van der Waals surface area (Å²) < 4.78 is 1.41. The number of thioether (sulfide) groups is 1. The van der Waals surface area contributed by atoms with E-state index in [1.165, 1.54) is 4.57 Å². The number of imide groups is 1. The summed E-state index contributed by atoms with van der Waals surface area (Å²) in [7, 11) is 0. The third kappa shape index (κ3) is 4.95. The van der Waals surface area contributed by atoms with Crippen molar-refractivity contribution in [1.29, 1.82) is 0 Å². The first-order valence-electron chi connectivity index (χ1n) is 9.03. The van der Waals surface area contributed by atoms with Crippen LogP contribution in [0.3, 0.4) is 0 Å². The Hall–Kier alpha value is -2.55. The number of hydrogen-bond donors (Lipinski definition) is 2. The van der Waals surface area contributed by atoms with E-state index in [1.54, 1.807) is 56.3 Å². The zero-order valence-corrected chi connectivity index (χ0v) is 18.4. The number of halogens is 2. The van der Waals surface area contributed by atoms with Crippen LogP contribution in [0.25, 0.3) is 16.6 Å². The SMILES string of the molecule is CCNC(=O)NC(=O)C(C)Sc1nc2cc(Cl)ccc2c(=O)n1-c1ccc(Cl)cc1. The maximum atomic E-state index is 13.2. The molecule has 0 aliphatic heterocycles. The van der Waals surface area contributed by atoms with Crippen molar-refractivity contribution in [2.45, 2.75) is 24.3 Å². The number of amides is 3. The standard InChI is InChI=1S/C20H18Cl2N4O3S/c1-3-23-19(29)25-17(27)11(2)30-20-24-16-10-13(22)6-9-15(16)18(28)26(20)14-7-4-12(21)5-8-14/h4-11H,3H2,1-2H3,(H2,23,25,27,29). The number of benzene rings is 2. The lowest BCUT2D eigenvalue weighted by atomic mass is 10.2. The Balaban J connectivity index is 2.06. The van der Waals surface area contributed by atoms with Gasteiger partial charge >= 0.3 is 6.03 Å². The van der Waals surface area contributed by atoms with Gasteiger partial charge in [-0.3, -0.25) is 19.5 Å². The molecule has 2 aromatic carbocycles. The molecule has 156 valence electrons. The van der Waals surface area contributed by atoms with Crippen molar-refractivity contribution in [3.8, 4) is 5.69 Å². The Kier molecular flexibility index (Phi) is 7.02. The molecule has 0 bridgehead atoms.